The highest BCUT2D eigenvalue weighted by atomic mass is 16.6. The van der Waals surface area contributed by atoms with Gasteiger partial charge in [0.1, 0.15) is 17.5 Å². The van der Waals surface area contributed by atoms with Crippen LogP contribution in [0.5, 0.6) is 0 Å². The maximum absolute atomic E-state index is 11.5. The Morgan fingerprint density at radius 3 is 2.64 bits per heavy atom. The van der Waals surface area contributed by atoms with Crippen molar-refractivity contribution >= 4 is 17.2 Å². The Kier molecular flexibility index (Phi) is 5.58. The number of benzene rings is 1. The summed E-state index contributed by atoms with van der Waals surface area (Å²) in [5.74, 6) is 1.47. The van der Waals surface area contributed by atoms with Gasteiger partial charge in [-0.15, -0.1) is 5.10 Å². The Bertz CT molecular complexity index is 1280. The zero-order valence-electron chi connectivity index (χ0n) is 20.0. The van der Waals surface area contributed by atoms with E-state index in [1.54, 1.807) is 16.6 Å². The van der Waals surface area contributed by atoms with E-state index in [2.05, 4.69) is 15.9 Å². The largest absolute Gasteiger partial charge is 0.340 e. The van der Waals surface area contributed by atoms with Crippen LogP contribution < -0.4 is 4.90 Å². The summed E-state index contributed by atoms with van der Waals surface area (Å²) < 4.78 is 1.78. The summed E-state index contributed by atoms with van der Waals surface area (Å²) in [6, 6.07) is 8.90. The summed E-state index contributed by atoms with van der Waals surface area (Å²) in [6.45, 7) is 8.83. The number of nitro benzene ring substituents is 1. The molecule has 1 aliphatic heterocycles. The zero-order valence-corrected chi connectivity index (χ0v) is 20.0. The highest BCUT2D eigenvalue weighted by Gasteiger charge is 2.34. The second-order valence-corrected chi connectivity index (χ2v) is 9.82. The maximum atomic E-state index is 11.5. The van der Waals surface area contributed by atoms with Crippen LogP contribution in [-0.4, -0.2) is 51.2 Å². The van der Waals surface area contributed by atoms with Crippen molar-refractivity contribution in [2.24, 2.45) is 0 Å². The fourth-order valence-electron chi connectivity index (χ4n) is 4.56. The van der Waals surface area contributed by atoms with E-state index in [1.807, 2.05) is 47.9 Å². The molecule has 1 saturated heterocycles. The summed E-state index contributed by atoms with van der Waals surface area (Å²) in [5, 5.41) is 26.5. The number of nitriles is 1. The molecule has 9 nitrogen and oxygen atoms in total. The van der Waals surface area contributed by atoms with Crippen molar-refractivity contribution in [3.8, 4) is 17.2 Å². The molecule has 0 radical (unpaired) electrons. The van der Waals surface area contributed by atoms with Crippen molar-refractivity contribution in [1.82, 2.24) is 19.5 Å². The van der Waals surface area contributed by atoms with Gasteiger partial charge in [0.25, 0.3) is 5.69 Å². The number of hydrogen-bond acceptors (Lipinski definition) is 7. The third-order valence-corrected chi connectivity index (χ3v) is 6.22. The van der Waals surface area contributed by atoms with Gasteiger partial charge in [0, 0.05) is 29.7 Å². The zero-order chi connectivity index (χ0) is 24.1. The van der Waals surface area contributed by atoms with E-state index >= 15 is 0 Å². The van der Waals surface area contributed by atoms with Gasteiger partial charge in [0.15, 0.2) is 11.5 Å². The van der Waals surface area contributed by atoms with Crippen LogP contribution in [0.25, 0.3) is 16.8 Å². The molecule has 33 heavy (non-hydrogen) atoms. The number of hydrogen-bond donors (Lipinski definition) is 0. The smallest absolute Gasteiger partial charge is 0.270 e. The van der Waals surface area contributed by atoms with Crippen molar-refractivity contribution in [2.75, 3.05) is 25.5 Å². The first-order valence-corrected chi connectivity index (χ1v) is 11.1. The van der Waals surface area contributed by atoms with E-state index in [9.17, 15) is 15.4 Å². The molecule has 172 valence electrons. The predicted octanol–water partition coefficient (Wildman–Crippen LogP) is 4.27. The number of fused-ring (bicyclic) bond motifs is 1. The normalized spacial score (nSPS) is 16.5. The molecule has 1 unspecified atom stereocenters. The van der Waals surface area contributed by atoms with Crippen molar-refractivity contribution < 1.29 is 4.92 Å². The number of nitrogens with zero attached hydrogens (tertiary/aromatic N) is 7. The number of nitro groups is 1. The van der Waals surface area contributed by atoms with Gasteiger partial charge in [-0.05, 0) is 45.0 Å². The Morgan fingerprint density at radius 1 is 1.30 bits per heavy atom. The van der Waals surface area contributed by atoms with Crippen LogP contribution in [0.1, 0.15) is 50.6 Å². The van der Waals surface area contributed by atoms with Crippen LogP contribution >= 0.6 is 0 Å². The van der Waals surface area contributed by atoms with Crippen LogP contribution in [0.15, 0.2) is 24.3 Å². The van der Waals surface area contributed by atoms with Gasteiger partial charge in [-0.1, -0.05) is 32.9 Å². The molecule has 0 bridgehead atoms. The molecule has 3 aromatic rings. The minimum Gasteiger partial charge on any atom is -0.340 e. The minimum atomic E-state index is -0.395. The van der Waals surface area contributed by atoms with E-state index in [4.69, 9.17) is 10.1 Å². The molecular weight excluding hydrogens is 418 g/mol. The summed E-state index contributed by atoms with van der Waals surface area (Å²) in [5.41, 5.74) is 2.88. The molecule has 0 saturated carbocycles. The van der Waals surface area contributed by atoms with Crippen LogP contribution in [0.4, 0.5) is 11.5 Å². The van der Waals surface area contributed by atoms with Gasteiger partial charge >= 0.3 is 0 Å². The molecule has 9 heteroatoms. The fourth-order valence-corrected chi connectivity index (χ4v) is 4.56. The number of rotatable bonds is 4. The van der Waals surface area contributed by atoms with Crippen LogP contribution in [0.2, 0.25) is 0 Å². The van der Waals surface area contributed by atoms with Crippen molar-refractivity contribution in [3.63, 3.8) is 0 Å². The number of non-ortho nitro benzene ring substituents is 1. The van der Waals surface area contributed by atoms with E-state index < -0.39 is 4.92 Å². The lowest BCUT2D eigenvalue weighted by Gasteiger charge is -2.33. The van der Waals surface area contributed by atoms with Gasteiger partial charge in [0.2, 0.25) is 0 Å². The number of pyridine rings is 1. The molecular formula is C24H29N7O2. The topological polar surface area (TPSA) is 104 Å². The maximum Gasteiger partial charge on any atom is 0.270 e. The molecule has 1 fully saturated rings. The minimum absolute atomic E-state index is 0.0102. The Balaban J connectivity index is 2.14. The van der Waals surface area contributed by atoms with Crippen LogP contribution in [0.3, 0.4) is 0 Å². The molecule has 2 aromatic heterocycles. The highest BCUT2D eigenvalue weighted by Crippen LogP contribution is 2.41. The Hall–Kier alpha value is -3.51. The molecule has 1 aromatic carbocycles. The summed E-state index contributed by atoms with van der Waals surface area (Å²) in [7, 11) is 4.09. The lowest BCUT2D eigenvalue weighted by molar-refractivity contribution is -0.384. The first-order chi connectivity index (χ1) is 15.5. The van der Waals surface area contributed by atoms with Gasteiger partial charge in [-0.25, -0.2) is 4.98 Å². The number of aromatic nitrogens is 3. The second-order valence-electron chi connectivity index (χ2n) is 9.82. The molecule has 0 N–H and O–H groups in total. The van der Waals surface area contributed by atoms with E-state index in [-0.39, 0.29) is 17.3 Å². The second kappa shape index (κ2) is 8.12. The van der Waals surface area contributed by atoms with Gasteiger partial charge in [-0.3, -0.25) is 15.0 Å². The van der Waals surface area contributed by atoms with E-state index in [1.165, 1.54) is 6.07 Å². The Morgan fingerprint density at radius 2 is 2.03 bits per heavy atom. The van der Waals surface area contributed by atoms with Crippen LogP contribution in [-0.2, 0) is 5.41 Å². The lowest BCUT2D eigenvalue weighted by atomic mass is 9.96. The summed E-state index contributed by atoms with van der Waals surface area (Å²) >= 11 is 0. The summed E-state index contributed by atoms with van der Waals surface area (Å²) in [6.07, 6.45) is 2.14. The predicted molar refractivity (Wildman–Crippen MR) is 127 cm³/mol. The average molecular weight is 448 g/mol. The third-order valence-electron chi connectivity index (χ3n) is 6.22. The molecule has 4 rings (SSSR count). The fraction of sp³-hybridized carbons (Fsp3) is 0.458. The van der Waals surface area contributed by atoms with Crippen molar-refractivity contribution in [3.05, 3.63) is 51.3 Å². The van der Waals surface area contributed by atoms with Crippen molar-refractivity contribution in [1.29, 1.82) is 5.26 Å². The highest BCUT2D eigenvalue weighted by molar-refractivity contribution is 5.86. The molecule has 1 aliphatic rings. The number of anilines is 1. The molecule has 0 aliphatic carbocycles. The van der Waals surface area contributed by atoms with Gasteiger partial charge < -0.3 is 4.90 Å². The Labute approximate surface area is 193 Å². The van der Waals surface area contributed by atoms with Gasteiger partial charge in [-0.2, -0.15) is 9.78 Å². The monoisotopic (exact) mass is 447 g/mol. The molecule has 0 amide bonds. The standard InChI is InChI=1S/C24H29N7O2/c1-15-18(14-25)21-26-23(24(2,3)4)27-30(21)22(29-12-8-11-19(29)28(5)6)20(15)16-9-7-10-17(13-16)31(32)33/h7,9-10,13,19H,8,11-12H2,1-6H3. The SMILES string of the molecule is Cc1c(-c2cccc([N+](=O)[O-])c2)c(N2CCCC2N(C)C)n2nc(C(C)(C)C)nc2c1C#N. The first kappa shape index (κ1) is 22.7. The third kappa shape index (κ3) is 3.80. The van der Waals surface area contributed by atoms with Crippen LogP contribution in [0, 0.1) is 28.4 Å². The van der Waals surface area contributed by atoms with E-state index in [0.717, 1.165) is 36.3 Å². The average Bonchev–Trinajstić information content (AvgIpc) is 3.40. The summed E-state index contributed by atoms with van der Waals surface area (Å²) in [4.78, 5) is 20.4. The van der Waals surface area contributed by atoms with E-state index in [0.29, 0.717) is 22.6 Å². The quantitative estimate of drug-likeness (QED) is 0.434. The molecule has 1 atom stereocenters. The van der Waals surface area contributed by atoms with Crippen molar-refractivity contribution in [2.45, 2.75) is 52.1 Å². The molecule has 3 heterocycles. The first-order valence-electron chi connectivity index (χ1n) is 11.1. The lowest BCUT2D eigenvalue weighted by Crippen LogP contribution is -2.41. The van der Waals surface area contributed by atoms with Gasteiger partial charge in [0.05, 0.1) is 11.1 Å². The molecule has 0 spiro atoms.